The van der Waals surface area contributed by atoms with E-state index in [2.05, 4.69) is 69.3 Å². The highest BCUT2D eigenvalue weighted by Crippen LogP contribution is 2.32. The summed E-state index contributed by atoms with van der Waals surface area (Å²) < 4.78 is 7.84. The van der Waals surface area contributed by atoms with E-state index in [1.165, 1.54) is 11.2 Å². The number of anilines is 1. The van der Waals surface area contributed by atoms with Crippen LogP contribution in [0.1, 0.15) is 25.6 Å². The van der Waals surface area contributed by atoms with Crippen molar-refractivity contribution >= 4 is 22.7 Å². The highest BCUT2D eigenvalue weighted by atomic mass is 16.5. The van der Waals surface area contributed by atoms with Crippen LogP contribution in [0.5, 0.6) is 5.75 Å². The standard InChI is InChI=1S/C26H36N6O/c1-4-27-26(28-15-9-16-32-20(2)30-22-10-5-6-11-23(22)32)29-18-21-14-17-31(19-21)24-12-7-8-13-25(24)33-3/h5-8,10-13,21H,4,9,14-19H2,1-3H3,(H2,27,28,29). The number of ether oxygens (including phenoxy) is 1. The topological polar surface area (TPSA) is 66.7 Å². The lowest BCUT2D eigenvalue weighted by Gasteiger charge is -2.21. The molecule has 2 N–H and O–H groups in total. The van der Waals surface area contributed by atoms with Gasteiger partial charge in [0.1, 0.15) is 11.6 Å². The summed E-state index contributed by atoms with van der Waals surface area (Å²) >= 11 is 0. The molecule has 33 heavy (non-hydrogen) atoms. The number of rotatable bonds is 9. The van der Waals surface area contributed by atoms with E-state index in [9.17, 15) is 0 Å². The first-order valence-corrected chi connectivity index (χ1v) is 12.0. The zero-order valence-electron chi connectivity index (χ0n) is 20.1. The predicted octanol–water partition coefficient (Wildman–Crippen LogP) is 3.83. The van der Waals surface area contributed by atoms with Crippen LogP contribution >= 0.6 is 0 Å². The number of hydrogen-bond donors (Lipinski definition) is 2. The van der Waals surface area contributed by atoms with Crippen molar-refractivity contribution in [2.75, 3.05) is 44.7 Å². The summed E-state index contributed by atoms with van der Waals surface area (Å²) in [7, 11) is 1.74. The Labute approximate surface area is 196 Å². The van der Waals surface area contributed by atoms with Crippen LogP contribution < -0.4 is 20.3 Å². The molecule has 0 bridgehead atoms. The summed E-state index contributed by atoms with van der Waals surface area (Å²) in [5.41, 5.74) is 3.45. The van der Waals surface area contributed by atoms with E-state index in [-0.39, 0.29) is 0 Å². The minimum Gasteiger partial charge on any atom is -0.495 e. The largest absolute Gasteiger partial charge is 0.495 e. The monoisotopic (exact) mass is 448 g/mol. The molecule has 0 saturated carbocycles. The second-order valence-electron chi connectivity index (χ2n) is 8.57. The Bertz CT molecular complexity index is 1080. The van der Waals surface area contributed by atoms with Crippen LogP contribution in [-0.4, -0.2) is 55.3 Å². The fraction of sp³-hybridized carbons (Fsp3) is 0.462. The van der Waals surface area contributed by atoms with Gasteiger partial charge in [0.25, 0.3) is 0 Å². The zero-order chi connectivity index (χ0) is 23.0. The first-order valence-electron chi connectivity index (χ1n) is 12.0. The average molecular weight is 449 g/mol. The van der Waals surface area contributed by atoms with Gasteiger partial charge >= 0.3 is 0 Å². The number of guanidine groups is 1. The summed E-state index contributed by atoms with van der Waals surface area (Å²) in [5.74, 6) is 3.46. The van der Waals surface area contributed by atoms with Crippen molar-refractivity contribution in [2.24, 2.45) is 10.9 Å². The Balaban J connectivity index is 1.28. The number of aliphatic imine (C=N–C) groups is 1. The smallest absolute Gasteiger partial charge is 0.191 e. The van der Waals surface area contributed by atoms with Gasteiger partial charge in [0.15, 0.2) is 5.96 Å². The third-order valence-electron chi connectivity index (χ3n) is 6.26. The first kappa shape index (κ1) is 23.0. The third-order valence-corrected chi connectivity index (χ3v) is 6.26. The molecule has 7 heteroatoms. The molecule has 2 heterocycles. The predicted molar refractivity (Wildman–Crippen MR) is 136 cm³/mol. The molecular formula is C26H36N6O. The van der Waals surface area contributed by atoms with Crippen LogP contribution in [0.25, 0.3) is 11.0 Å². The van der Waals surface area contributed by atoms with Gasteiger partial charge in [0, 0.05) is 39.3 Å². The minimum atomic E-state index is 0.547. The maximum atomic E-state index is 5.54. The molecule has 7 nitrogen and oxygen atoms in total. The van der Waals surface area contributed by atoms with E-state index in [1.807, 2.05) is 18.2 Å². The SMILES string of the molecule is CCNC(=NCC1CCN(c2ccccc2OC)C1)NCCCn1c(C)nc2ccccc21. The van der Waals surface area contributed by atoms with Crippen LogP contribution in [0, 0.1) is 12.8 Å². The minimum absolute atomic E-state index is 0.547. The van der Waals surface area contributed by atoms with Crippen molar-refractivity contribution in [2.45, 2.75) is 33.2 Å². The molecule has 0 spiro atoms. The number of imidazole rings is 1. The number of aromatic nitrogens is 2. The number of benzene rings is 2. The molecule has 2 aromatic carbocycles. The van der Waals surface area contributed by atoms with Gasteiger partial charge in [-0.05, 0) is 56.9 Å². The molecule has 4 rings (SSSR count). The van der Waals surface area contributed by atoms with Crippen molar-refractivity contribution in [3.63, 3.8) is 0 Å². The quantitative estimate of drug-likeness (QED) is 0.296. The molecule has 1 atom stereocenters. The number of aryl methyl sites for hydroxylation is 2. The van der Waals surface area contributed by atoms with Gasteiger partial charge < -0.3 is 24.8 Å². The van der Waals surface area contributed by atoms with Crippen LogP contribution in [0.2, 0.25) is 0 Å². The average Bonchev–Trinajstić information content (AvgIpc) is 3.44. The lowest BCUT2D eigenvalue weighted by atomic mass is 10.1. The Hall–Kier alpha value is -3.22. The number of hydrogen-bond acceptors (Lipinski definition) is 4. The Morgan fingerprint density at radius 3 is 2.82 bits per heavy atom. The van der Waals surface area contributed by atoms with Crippen molar-refractivity contribution in [1.82, 2.24) is 20.2 Å². The lowest BCUT2D eigenvalue weighted by Crippen LogP contribution is -2.38. The first-order chi connectivity index (χ1) is 16.2. The highest BCUT2D eigenvalue weighted by molar-refractivity contribution is 5.79. The fourth-order valence-electron chi connectivity index (χ4n) is 4.58. The number of methoxy groups -OCH3 is 1. The Morgan fingerprint density at radius 2 is 1.97 bits per heavy atom. The second-order valence-corrected chi connectivity index (χ2v) is 8.57. The van der Waals surface area contributed by atoms with Gasteiger partial charge in [-0.3, -0.25) is 4.99 Å². The number of para-hydroxylation sites is 4. The van der Waals surface area contributed by atoms with Gasteiger partial charge in [-0.2, -0.15) is 0 Å². The van der Waals surface area contributed by atoms with E-state index in [0.717, 1.165) is 75.2 Å². The molecule has 176 valence electrons. The van der Waals surface area contributed by atoms with Crippen LogP contribution in [0.3, 0.4) is 0 Å². The van der Waals surface area contributed by atoms with Crippen LogP contribution in [-0.2, 0) is 6.54 Å². The number of nitrogens with one attached hydrogen (secondary N) is 2. The van der Waals surface area contributed by atoms with Gasteiger partial charge in [-0.15, -0.1) is 0 Å². The summed E-state index contributed by atoms with van der Waals surface area (Å²) in [6.45, 7) is 9.73. The molecule has 1 unspecified atom stereocenters. The lowest BCUT2D eigenvalue weighted by molar-refractivity contribution is 0.414. The maximum Gasteiger partial charge on any atom is 0.191 e. The van der Waals surface area contributed by atoms with Crippen LogP contribution in [0.4, 0.5) is 5.69 Å². The van der Waals surface area contributed by atoms with Crippen LogP contribution in [0.15, 0.2) is 53.5 Å². The molecule has 1 fully saturated rings. The normalized spacial score (nSPS) is 16.4. The van der Waals surface area contributed by atoms with E-state index in [0.29, 0.717) is 5.92 Å². The molecule has 1 aromatic heterocycles. The summed E-state index contributed by atoms with van der Waals surface area (Å²) in [5, 5.41) is 6.90. The highest BCUT2D eigenvalue weighted by Gasteiger charge is 2.24. The summed E-state index contributed by atoms with van der Waals surface area (Å²) in [4.78, 5) is 12.0. The Kier molecular flexibility index (Phi) is 7.70. The van der Waals surface area contributed by atoms with E-state index >= 15 is 0 Å². The molecule has 0 amide bonds. The Morgan fingerprint density at radius 1 is 1.15 bits per heavy atom. The molecule has 0 aliphatic carbocycles. The molecular weight excluding hydrogens is 412 g/mol. The van der Waals surface area contributed by atoms with Crippen molar-refractivity contribution in [3.05, 3.63) is 54.4 Å². The molecule has 1 aliphatic heterocycles. The number of fused-ring (bicyclic) bond motifs is 1. The third kappa shape index (κ3) is 5.59. The van der Waals surface area contributed by atoms with Gasteiger partial charge in [0.2, 0.25) is 0 Å². The summed E-state index contributed by atoms with van der Waals surface area (Å²) in [6, 6.07) is 16.6. The van der Waals surface area contributed by atoms with Crippen molar-refractivity contribution in [3.8, 4) is 5.75 Å². The van der Waals surface area contributed by atoms with E-state index < -0.39 is 0 Å². The van der Waals surface area contributed by atoms with Gasteiger partial charge in [-0.1, -0.05) is 24.3 Å². The van der Waals surface area contributed by atoms with E-state index in [4.69, 9.17) is 9.73 Å². The zero-order valence-corrected chi connectivity index (χ0v) is 20.1. The molecule has 3 aromatic rings. The van der Waals surface area contributed by atoms with Gasteiger partial charge in [0.05, 0.1) is 23.8 Å². The molecule has 1 aliphatic rings. The maximum absolute atomic E-state index is 5.54. The van der Waals surface area contributed by atoms with Crippen molar-refractivity contribution < 1.29 is 4.74 Å². The van der Waals surface area contributed by atoms with Gasteiger partial charge in [-0.25, -0.2) is 4.98 Å². The van der Waals surface area contributed by atoms with Crippen molar-refractivity contribution in [1.29, 1.82) is 0 Å². The fourth-order valence-corrected chi connectivity index (χ4v) is 4.58. The number of nitrogens with zero attached hydrogens (tertiary/aromatic N) is 4. The molecule has 0 radical (unpaired) electrons. The van der Waals surface area contributed by atoms with E-state index in [1.54, 1.807) is 7.11 Å². The molecule has 1 saturated heterocycles. The second kappa shape index (κ2) is 11.1. The summed E-state index contributed by atoms with van der Waals surface area (Å²) in [6.07, 6.45) is 2.16.